The number of aromatic nitrogens is 2. The molecule has 8 heteroatoms. The van der Waals surface area contributed by atoms with E-state index in [0.717, 1.165) is 11.4 Å². The quantitative estimate of drug-likeness (QED) is 0.672. The van der Waals surface area contributed by atoms with Gasteiger partial charge in [0.05, 0.1) is 23.4 Å². The van der Waals surface area contributed by atoms with Crippen LogP contribution in [0.5, 0.6) is 5.75 Å². The van der Waals surface area contributed by atoms with Crippen LogP contribution in [0, 0.1) is 0 Å². The lowest BCUT2D eigenvalue weighted by molar-refractivity contribution is 0.0746. The first kappa shape index (κ1) is 20.0. The molecule has 1 aromatic heterocycles. The number of amides is 1. The average molecular weight is 424 g/mol. The first-order chi connectivity index (χ1) is 14.7. The molecule has 154 valence electrons. The molecule has 0 bridgehead atoms. The Balaban J connectivity index is 1.42. The number of halogens is 1. The van der Waals surface area contributed by atoms with Crippen molar-refractivity contribution in [2.75, 3.05) is 43.5 Å². The number of rotatable bonds is 5. The van der Waals surface area contributed by atoms with Crippen LogP contribution in [0.25, 0.3) is 0 Å². The van der Waals surface area contributed by atoms with Crippen LogP contribution < -0.4 is 15.0 Å². The third-order valence-electron chi connectivity index (χ3n) is 4.97. The smallest absolute Gasteiger partial charge is 0.255 e. The van der Waals surface area contributed by atoms with Crippen molar-refractivity contribution in [1.29, 1.82) is 0 Å². The maximum Gasteiger partial charge on any atom is 0.255 e. The number of nitrogens with zero attached hydrogens (tertiary/aromatic N) is 4. The zero-order chi connectivity index (χ0) is 20.9. The van der Waals surface area contributed by atoms with E-state index in [2.05, 4.69) is 20.2 Å². The monoisotopic (exact) mass is 423 g/mol. The number of carbonyl (C=O) groups excluding carboxylic acids is 1. The van der Waals surface area contributed by atoms with Gasteiger partial charge in [-0.25, -0.2) is 4.98 Å². The second kappa shape index (κ2) is 9.00. The molecule has 2 aromatic carbocycles. The lowest BCUT2D eigenvalue weighted by atomic mass is 10.2. The van der Waals surface area contributed by atoms with Crippen molar-refractivity contribution in [1.82, 2.24) is 14.9 Å². The number of ether oxygens (including phenoxy) is 1. The SMILES string of the molecule is COc1ccccc1Nc1ccnc(N2CCN(C(=O)c3ccccc3Cl)CC2)n1. The van der Waals surface area contributed by atoms with Crippen molar-refractivity contribution in [3.8, 4) is 5.75 Å². The minimum atomic E-state index is -0.0484. The van der Waals surface area contributed by atoms with E-state index in [1.54, 1.807) is 25.4 Å². The van der Waals surface area contributed by atoms with Crippen LogP contribution >= 0.6 is 11.6 Å². The molecule has 1 aliphatic heterocycles. The Labute approximate surface area is 180 Å². The molecule has 0 unspecified atom stereocenters. The van der Waals surface area contributed by atoms with Crippen molar-refractivity contribution in [2.24, 2.45) is 0 Å². The van der Waals surface area contributed by atoms with Crippen LogP contribution in [0.3, 0.4) is 0 Å². The highest BCUT2D eigenvalue weighted by atomic mass is 35.5. The molecule has 4 rings (SSSR count). The molecule has 1 amide bonds. The zero-order valence-electron chi connectivity index (χ0n) is 16.6. The Bertz CT molecular complexity index is 1040. The third kappa shape index (κ3) is 4.31. The van der Waals surface area contributed by atoms with Gasteiger partial charge in [0.25, 0.3) is 5.91 Å². The summed E-state index contributed by atoms with van der Waals surface area (Å²) < 4.78 is 5.38. The van der Waals surface area contributed by atoms with E-state index in [-0.39, 0.29) is 5.91 Å². The second-order valence-corrected chi connectivity index (χ2v) is 7.23. The van der Waals surface area contributed by atoms with Crippen LogP contribution in [0.1, 0.15) is 10.4 Å². The number of hydrogen-bond donors (Lipinski definition) is 1. The van der Waals surface area contributed by atoms with Crippen LogP contribution in [0.15, 0.2) is 60.8 Å². The summed E-state index contributed by atoms with van der Waals surface area (Å²) in [6.07, 6.45) is 1.72. The largest absolute Gasteiger partial charge is 0.495 e. The molecular weight excluding hydrogens is 402 g/mol. The Morgan fingerprint density at radius 2 is 1.77 bits per heavy atom. The molecule has 3 aromatic rings. The third-order valence-corrected chi connectivity index (χ3v) is 5.30. The number of anilines is 3. The van der Waals surface area contributed by atoms with E-state index in [9.17, 15) is 4.79 Å². The lowest BCUT2D eigenvalue weighted by Gasteiger charge is -2.35. The minimum absolute atomic E-state index is 0.0484. The Kier molecular flexibility index (Phi) is 5.99. The molecule has 0 saturated carbocycles. The molecule has 0 spiro atoms. The van der Waals surface area contributed by atoms with E-state index in [1.807, 2.05) is 47.4 Å². The zero-order valence-corrected chi connectivity index (χ0v) is 17.3. The summed E-state index contributed by atoms with van der Waals surface area (Å²) in [5.74, 6) is 2.00. The average Bonchev–Trinajstić information content (AvgIpc) is 2.80. The summed E-state index contributed by atoms with van der Waals surface area (Å²) in [5.41, 5.74) is 1.37. The van der Waals surface area contributed by atoms with Crippen LogP contribution in [-0.2, 0) is 0 Å². The number of methoxy groups -OCH3 is 1. The van der Waals surface area contributed by atoms with Crippen molar-refractivity contribution in [2.45, 2.75) is 0 Å². The molecular formula is C22H22ClN5O2. The Morgan fingerprint density at radius 1 is 1.03 bits per heavy atom. The fraction of sp³-hybridized carbons (Fsp3) is 0.227. The molecule has 1 saturated heterocycles. The summed E-state index contributed by atoms with van der Waals surface area (Å²) in [6, 6.07) is 16.6. The molecule has 2 heterocycles. The molecule has 0 radical (unpaired) electrons. The standard InChI is InChI=1S/C22H22ClN5O2/c1-30-19-9-5-4-8-18(19)25-20-10-11-24-22(26-20)28-14-12-27(13-15-28)21(29)16-6-2-3-7-17(16)23/h2-11H,12-15H2,1H3,(H,24,25,26). The highest BCUT2D eigenvalue weighted by Gasteiger charge is 2.24. The molecule has 1 N–H and O–H groups in total. The molecule has 1 fully saturated rings. The molecule has 30 heavy (non-hydrogen) atoms. The van der Waals surface area contributed by atoms with Crippen molar-refractivity contribution < 1.29 is 9.53 Å². The Morgan fingerprint density at radius 3 is 2.53 bits per heavy atom. The van der Waals surface area contributed by atoms with Gasteiger partial charge in [0.2, 0.25) is 5.95 Å². The lowest BCUT2D eigenvalue weighted by Crippen LogP contribution is -2.49. The van der Waals surface area contributed by atoms with Gasteiger partial charge in [-0.05, 0) is 30.3 Å². The fourth-order valence-electron chi connectivity index (χ4n) is 3.37. The van der Waals surface area contributed by atoms with Gasteiger partial charge in [0.1, 0.15) is 11.6 Å². The molecule has 0 aliphatic carbocycles. The number of hydrogen-bond acceptors (Lipinski definition) is 6. The summed E-state index contributed by atoms with van der Waals surface area (Å²) in [4.78, 5) is 25.7. The molecule has 1 aliphatic rings. The number of benzene rings is 2. The summed E-state index contributed by atoms with van der Waals surface area (Å²) in [7, 11) is 1.63. The maximum absolute atomic E-state index is 12.8. The van der Waals surface area contributed by atoms with Crippen LogP contribution in [-0.4, -0.2) is 54.1 Å². The van der Waals surface area contributed by atoms with Gasteiger partial charge in [0, 0.05) is 32.4 Å². The second-order valence-electron chi connectivity index (χ2n) is 6.83. The number of nitrogens with one attached hydrogen (secondary N) is 1. The molecule has 7 nitrogen and oxygen atoms in total. The fourth-order valence-corrected chi connectivity index (χ4v) is 3.59. The number of piperazine rings is 1. The number of para-hydroxylation sites is 2. The van der Waals surface area contributed by atoms with Gasteiger partial charge >= 0.3 is 0 Å². The van der Waals surface area contributed by atoms with Gasteiger partial charge in [0.15, 0.2) is 0 Å². The highest BCUT2D eigenvalue weighted by molar-refractivity contribution is 6.33. The van der Waals surface area contributed by atoms with E-state index < -0.39 is 0 Å². The van der Waals surface area contributed by atoms with Crippen molar-refractivity contribution in [3.63, 3.8) is 0 Å². The Hall–Kier alpha value is -3.32. The summed E-state index contributed by atoms with van der Waals surface area (Å²) in [5, 5.41) is 3.75. The first-order valence-electron chi connectivity index (χ1n) is 9.67. The number of carbonyl (C=O) groups is 1. The maximum atomic E-state index is 12.8. The van der Waals surface area contributed by atoms with Crippen LogP contribution in [0.4, 0.5) is 17.5 Å². The van der Waals surface area contributed by atoms with Gasteiger partial charge < -0.3 is 19.9 Å². The summed E-state index contributed by atoms with van der Waals surface area (Å²) in [6.45, 7) is 2.46. The van der Waals surface area contributed by atoms with E-state index in [1.165, 1.54) is 0 Å². The normalized spacial score (nSPS) is 13.8. The molecule has 0 atom stereocenters. The minimum Gasteiger partial charge on any atom is -0.495 e. The predicted molar refractivity (Wildman–Crippen MR) is 118 cm³/mol. The first-order valence-corrected chi connectivity index (χ1v) is 10.1. The van der Waals surface area contributed by atoms with Gasteiger partial charge in [-0.2, -0.15) is 4.98 Å². The van der Waals surface area contributed by atoms with Crippen molar-refractivity contribution in [3.05, 3.63) is 71.4 Å². The van der Waals surface area contributed by atoms with Gasteiger partial charge in [-0.3, -0.25) is 4.79 Å². The highest BCUT2D eigenvalue weighted by Crippen LogP contribution is 2.27. The summed E-state index contributed by atoms with van der Waals surface area (Å²) >= 11 is 6.17. The van der Waals surface area contributed by atoms with E-state index in [4.69, 9.17) is 16.3 Å². The van der Waals surface area contributed by atoms with Gasteiger partial charge in [-0.1, -0.05) is 35.9 Å². The van der Waals surface area contributed by atoms with Crippen molar-refractivity contribution >= 4 is 35.0 Å². The predicted octanol–water partition coefficient (Wildman–Crippen LogP) is 3.84. The van der Waals surface area contributed by atoms with Crippen LogP contribution in [0.2, 0.25) is 5.02 Å². The van der Waals surface area contributed by atoms with E-state index >= 15 is 0 Å². The topological polar surface area (TPSA) is 70.6 Å². The van der Waals surface area contributed by atoms with Gasteiger partial charge in [-0.15, -0.1) is 0 Å². The van der Waals surface area contributed by atoms with E-state index in [0.29, 0.717) is 48.5 Å².